The molecule has 11 heavy (non-hydrogen) atoms. The van der Waals surface area contributed by atoms with E-state index in [9.17, 15) is 9.59 Å². The smallest absolute Gasteiger partial charge is 0.268 e. The van der Waals surface area contributed by atoms with Crippen molar-refractivity contribution in [3.8, 4) is 0 Å². The molecule has 1 rings (SSSR count). The van der Waals surface area contributed by atoms with E-state index in [1.807, 2.05) is 0 Å². The molecule has 0 atom stereocenters. The Kier molecular flexibility index (Phi) is 2.00. The fourth-order valence-corrected chi connectivity index (χ4v) is 0.585. The molecule has 0 aliphatic heterocycles. The van der Waals surface area contributed by atoms with Crippen molar-refractivity contribution in [3.05, 3.63) is 18.7 Å². The summed E-state index contributed by atoms with van der Waals surface area (Å²) in [5.74, 6) is -1.46. The van der Waals surface area contributed by atoms with Gasteiger partial charge >= 0.3 is 11.8 Å². The molecule has 57 valence electrons. The normalized spacial score (nSPS) is 9.18. The second-order valence-electron chi connectivity index (χ2n) is 1.80. The Hall–Kier alpha value is -1.65. The molecular formula is C6H6N3O2. The Morgan fingerprint density at radius 2 is 2.27 bits per heavy atom. The van der Waals surface area contributed by atoms with Crippen LogP contribution < -0.4 is 5.32 Å². The fraction of sp³-hybridized carbons (Fsp3) is 0.167. The van der Waals surface area contributed by atoms with Gasteiger partial charge in [-0.1, -0.05) is 0 Å². The van der Waals surface area contributed by atoms with Crippen LogP contribution >= 0.6 is 0 Å². The van der Waals surface area contributed by atoms with Crippen LogP contribution in [0.4, 0.5) is 0 Å². The Balaban J connectivity index is 2.79. The highest BCUT2D eigenvalue weighted by Gasteiger charge is 2.13. The van der Waals surface area contributed by atoms with Crippen LogP contribution in [-0.2, 0) is 4.79 Å². The van der Waals surface area contributed by atoms with Gasteiger partial charge in [0.25, 0.3) is 0 Å². The summed E-state index contributed by atoms with van der Waals surface area (Å²) < 4.78 is 1.08. The van der Waals surface area contributed by atoms with Gasteiger partial charge in [0.15, 0.2) is 0 Å². The zero-order valence-corrected chi connectivity index (χ0v) is 5.89. The summed E-state index contributed by atoms with van der Waals surface area (Å²) in [7, 11) is 1.27. The number of carbonyl (C=O) groups is 2. The SMILES string of the molecule is C[N]C(=O)C(=O)n1ccnc1. The molecular weight excluding hydrogens is 146 g/mol. The number of hydrogen-bond donors (Lipinski definition) is 0. The van der Waals surface area contributed by atoms with Gasteiger partial charge in [-0.2, -0.15) is 0 Å². The van der Waals surface area contributed by atoms with E-state index in [0.29, 0.717) is 0 Å². The topological polar surface area (TPSA) is 66.1 Å². The predicted molar refractivity (Wildman–Crippen MR) is 35.9 cm³/mol. The van der Waals surface area contributed by atoms with Gasteiger partial charge in [0.2, 0.25) is 0 Å². The number of carbonyl (C=O) groups excluding carboxylic acids is 2. The van der Waals surface area contributed by atoms with Crippen LogP contribution in [0.5, 0.6) is 0 Å². The standard InChI is InChI=1S/C6H6N3O2/c1-7-5(10)6(11)9-3-2-8-4-9/h2-4H,1H3. The maximum Gasteiger partial charge on any atom is 0.331 e. The minimum atomic E-state index is -0.775. The van der Waals surface area contributed by atoms with Gasteiger partial charge < -0.3 is 0 Å². The van der Waals surface area contributed by atoms with Crippen molar-refractivity contribution in [3.63, 3.8) is 0 Å². The lowest BCUT2D eigenvalue weighted by Gasteiger charge is -1.94. The number of hydrogen-bond acceptors (Lipinski definition) is 3. The Morgan fingerprint density at radius 1 is 1.55 bits per heavy atom. The van der Waals surface area contributed by atoms with Crippen molar-refractivity contribution in [2.75, 3.05) is 7.05 Å². The summed E-state index contributed by atoms with van der Waals surface area (Å²) in [4.78, 5) is 25.2. The molecule has 1 aromatic rings. The lowest BCUT2D eigenvalue weighted by molar-refractivity contribution is -0.117. The summed E-state index contributed by atoms with van der Waals surface area (Å²) in [6, 6.07) is 0. The minimum Gasteiger partial charge on any atom is -0.268 e. The molecule has 0 aliphatic carbocycles. The monoisotopic (exact) mass is 152 g/mol. The second kappa shape index (κ2) is 2.96. The van der Waals surface area contributed by atoms with Gasteiger partial charge in [-0.05, 0) is 0 Å². The first-order valence-corrected chi connectivity index (χ1v) is 2.92. The summed E-state index contributed by atoms with van der Waals surface area (Å²) in [6.45, 7) is 0. The van der Waals surface area contributed by atoms with E-state index in [4.69, 9.17) is 0 Å². The van der Waals surface area contributed by atoms with E-state index in [2.05, 4.69) is 10.3 Å². The number of amides is 1. The van der Waals surface area contributed by atoms with Gasteiger partial charge in [0.1, 0.15) is 6.33 Å². The number of imidazole rings is 1. The molecule has 1 radical (unpaired) electrons. The Morgan fingerprint density at radius 3 is 2.73 bits per heavy atom. The number of rotatable bonds is 0. The van der Waals surface area contributed by atoms with Crippen LogP contribution in [-0.4, -0.2) is 28.4 Å². The first-order valence-electron chi connectivity index (χ1n) is 2.92. The summed E-state index contributed by atoms with van der Waals surface area (Å²) >= 11 is 0. The zero-order valence-electron chi connectivity index (χ0n) is 5.89. The third-order valence-electron chi connectivity index (χ3n) is 1.12. The summed E-state index contributed by atoms with van der Waals surface area (Å²) in [6.07, 6.45) is 4.07. The molecule has 0 spiro atoms. The van der Waals surface area contributed by atoms with Gasteiger partial charge in [0, 0.05) is 19.4 Å². The van der Waals surface area contributed by atoms with Crippen LogP contribution in [0.1, 0.15) is 4.79 Å². The molecule has 0 N–H and O–H groups in total. The largest absolute Gasteiger partial charge is 0.331 e. The maximum absolute atomic E-state index is 10.9. The number of nitrogens with zero attached hydrogens (tertiary/aromatic N) is 3. The zero-order chi connectivity index (χ0) is 8.27. The van der Waals surface area contributed by atoms with Crippen molar-refractivity contribution in [2.45, 2.75) is 0 Å². The third kappa shape index (κ3) is 1.43. The number of likely N-dealkylation sites (N-methyl/N-ethyl adjacent to an activating group) is 1. The quantitative estimate of drug-likeness (QED) is 0.461. The lowest BCUT2D eigenvalue weighted by Crippen LogP contribution is -2.26. The van der Waals surface area contributed by atoms with Gasteiger partial charge in [-0.3, -0.25) is 14.2 Å². The van der Waals surface area contributed by atoms with Crippen molar-refractivity contribution < 1.29 is 9.59 Å². The van der Waals surface area contributed by atoms with E-state index >= 15 is 0 Å². The van der Waals surface area contributed by atoms with Gasteiger partial charge in [0.05, 0.1) is 0 Å². The number of aromatic nitrogens is 2. The van der Waals surface area contributed by atoms with E-state index in [0.717, 1.165) is 4.57 Å². The van der Waals surface area contributed by atoms with Crippen LogP contribution in [0.3, 0.4) is 0 Å². The molecule has 5 heteroatoms. The Bertz CT molecular complexity index is 265. The molecule has 0 saturated heterocycles. The van der Waals surface area contributed by atoms with E-state index in [1.54, 1.807) is 0 Å². The fourth-order valence-electron chi connectivity index (χ4n) is 0.585. The molecule has 1 aromatic heterocycles. The molecule has 0 bridgehead atoms. The van der Waals surface area contributed by atoms with Crippen molar-refractivity contribution in [2.24, 2.45) is 0 Å². The summed E-state index contributed by atoms with van der Waals surface area (Å²) in [5, 5.41) is 3.21. The minimum absolute atomic E-state index is 0.690. The highest BCUT2D eigenvalue weighted by atomic mass is 16.2. The molecule has 0 fully saturated rings. The lowest BCUT2D eigenvalue weighted by atomic mass is 10.5. The van der Waals surface area contributed by atoms with Crippen LogP contribution in [0.25, 0.3) is 0 Å². The van der Waals surface area contributed by atoms with E-state index < -0.39 is 11.8 Å². The average Bonchev–Trinajstić information content (AvgIpc) is 2.53. The van der Waals surface area contributed by atoms with E-state index in [1.165, 1.54) is 25.8 Å². The van der Waals surface area contributed by atoms with Crippen molar-refractivity contribution in [1.82, 2.24) is 14.9 Å². The van der Waals surface area contributed by atoms with Gasteiger partial charge in [-0.25, -0.2) is 10.3 Å². The highest BCUT2D eigenvalue weighted by molar-refractivity contribution is 6.35. The third-order valence-corrected chi connectivity index (χ3v) is 1.12. The van der Waals surface area contributed by atoms with Crippen LogP contribution in [0.2, 0.25) is 0 Å². The molecule has 0 unspecified atom stereocenters. The first kappa shape index (κ1) is 7.46. The van der Waals surface area contributed by atoms with Crippen molar-refractivity contribution in [1.29, 1.82) is 0 Å². The second-order valence-corrected chi connectivity index (χ2v) is 1.80. The molecule has 0 saturated carbocycles. The maximum atomic E-state index is 10.9. The highest BCUT2D eigenvalue weighted by Crippen LogP contribution is 1.85. The van der Waals surface area contributed by atoms with Crippen LogP contribution in [0.15, 0.2) is 18.7 Å². The molecule has 0 aromatic carbocycles. The summed E-state index contributed by atoms with van der Waals surface area (Å²) in [5.41, 5.74) is 0. The van der Waals surface area contributed by atoms with E-state index in [-0.39, 0.29) is 0 Å². The molecule has 1 heterocycles. The molecule has 0 aliphatic rings. The average molecular weight is 152 g/mol. The predicted octanol–water partition coefficient (Wildman–Crippen LogP) is -0.716. The molecule has 5 nitrogen and oxygen atoms in total. The Labute approximate surface area is 63.0 Å². The van der Waals surface area contributed by atoms with Crippen LogP contribution in [0, 0.1) is 0 Å². The van der Waals surface area contributed by atoms with Gasteiger partial charge in [-0.15, -0.1) is 0 Å². The molecule has 1 amide bonds. The van der Waals surface area contributed by atoms with Crippen molar-refractivity contribution >= 4 is 11.8 Å². The first-order chi connectivity index (χ1) is 5.25.